The third-order valence-corrected chi connectivity index (χ3v) is 4.06. The fraction of sp³-hybridized carbons (Fsp3) is 0.625. The lowest BCUT2D eigenvalue weighted by atomic mass is 9.89. The molecule has 1 atom stereocenters. The van der Waals surface area contributed by atoms with Gasteiger partial charge < -0.3 is 0 Å². The highest BCUT2D eigenvalue weighted by molar-refractivity contribution is 5.14. The predicted molar refractivity (Wildman–Crippen MR) is 73.9 cm³/mol. The monoisotopic (exact) mass is 231 g/mol. The van der Waals surface area contributed by atoms with Gasteiger partial charge >= 0.3 is 0 Å². The van der Waals surface area contributed by atoms with E-state index in [1.165, 1.54) is 37.9 Å². The van der Waals surface area contributed by atoms with Gasteiger partial charge in [-0.15, -0.1) is 0 Å². The zero-order valence-electron chi connectivity index (χ0n) is 11.2. The molecule has 17 heavy (non-hydrogen) atoms. The molecule has 0 bridgehead atoms. The third-order valence-electron chi connectivity index (χ3n) is 4.06. The highest BCUT2D eigenvalue weighted by Gasteiger charge is 2.19. The SMILES string of the molecule is CC(C)C1CCCN(Cc2ccccc2)CC1. The number of benzene rings is 1. The lowest BCUT2D eigenvalue weighted by Gasteiger charge is -2.21. The Labute approximate surface area is 106 Å². The van der Waals surface area contributed by atoms with Crippen LogP contribution in [0, 0.1) is 11.8 Å². The summed E-state index contributed by atoms with van der Waals surface area (Å²) in [6.07, 6.45) is 4.17. The van der Waals surface area contributed by atoms with Crippen molar-refractivity contribution in [3.63, 3.8) is 0 Å². The molecule has 1 heterocycles. The summed E-state index contributed by atoms with van der Waals surface area (Å²) in [5.74, 6) is 1.79. The van der Waals surface area contributed by atoms with Crippen molar-refractivity contribution in [3.8, 4) is 0 Å². The summed E-state index contributed by atoms with van der Waals surface area (Å²) in [6.45, 7) is 8.43. The maximum Gasteiger partial charge on any atom is 0.0233 e. The van der Waals surface area contributed by atoms with Crippen molar-refractivity contribution in [2.75, 3.05) is 13.1 Å². The van der Waals surface area contributed by atoms with Gasteiger partial charge in [0.2, 0.25) is 0 Å². The van der Waals surface area contributed by atoms with E-state index in [1.54, 1.807) is 0 Å². The quantitative estimate of drug-likeness (QED) is 0.761. The second kappa shape index (κ2) is 6.20. The molecule has 1 fully saturated rings. The summed E-state index contributed by atoms with van der Waals surface area (Å²) < 4.78 is 0. The van der Waals surface area contributed by atoms with Crippen molar-refractivity contribution in [2.45, 2.75) is 39.7 Å². The van der Waals surface area contributed by atoms with Crippen molar-refractivity contribution < 1.29 is 0 Å². The Morgan fingerprint density at radius 1 is 1.12 bits per heavy atom. The number of hydrogen-bond acceptors (Lipinski definition) is 1. The summed E-state index contributed by atoms with van der Waals surface area (Å²) in [7, 11) is 0. The summed E-state index contributed by atoms with van der Waals surface area (Å²) in [6, 6.07) is 10.9. The van der Waals surface area contributed by atoms with Crippen molar-refractivity contribution in [2.24, 2.45) is 11.8 Å². The summed E-state index contributed by atoms with van der Waals surface area (Å²) in [5, 5.41) is 0. The normalized spacial score (nSPS) is 22.6. The minimum Gasteiger partial charge on any atom is -0.299 e. The summed E-state index contributed by atoms with van der Waals surface area (Å²) >= 11 is 0. The molecule has 0 N–H and O–H groups in total. The van der Waals surface area contributed by atoms with Crippen molar-refractivity contribution in [1.82, 2.24) is 4.90 Å². The molecular formula is C16H25N. The fourth-order valence-electron chi connectivity index (χ4n) is 2.85. The lowest BCUT2D eigenvalue weighted by Crippen LogP contribution is -2.24. The van der Waals surface area contributed by atoms with Gasteiger partial charge in [0.25, 0.3) is 0 Å². The first-order chi connectivity index (χ1) is 8.25. The van der Waals surface area contributed by atoms with E-state index in [2.05, 4.69) is 49.1 Å². The molecule has 1 heteroatoms. The highest BCUT2D eigenvalue weighted by atomic mass is 15.1. The van der Waals surface area contributed by atoms with Gasteiger partial charge in [-0.2, -0.15) is 0 Å². The van der Waals surface area contributed by atoms with E-state index >= 15 is 0 Å². The number of rotatable bonds is 3. The number of hydrogen-bond donors (Lipinski definition) is 0. The van der Waals surface area contributed by atoms with E-state index < -0.39 is 0 Å². The van der Waals surface area contributed by atoms with Crippen LogP contribution in [0.4, 0.5) is 0 Å². The van der Waals surface area contributed by atoms with Crippen LogP contribution in [0.1, 0.15) is 38.7 Å². The molecule has 1 unspecified atom stereocenters. The smallest absolute Gasteiger partial charge is 0.0233 e. The maximum absolute atomic E-state index is 2.62. The van der Waals surface area contributed by atoms with Crippen LogP contribution in [-0.2, 0) is 6.54 Å². The Balaban J connectivity index is 1.87. The Hall–Kier alpha value is -0.820. The fourth-order valence-corrected chi connectivity index (χ4v) is 2.85. The van der Waals surface area contributed by atoms with E-state index in [-0.39, 0.29) is 0 Å². The van der Waals surface area contributed by atoms with E-state index in [1.807, 2.05) is 0 Å². The third kappa shape index (κ3) is 3.85. The first-order valence-electron chi connectivity index (χ1n) is 7.02. The van der Waals surface area contributed by atoms with Gasteiger partial charge in [0.05, 0.1) is 0 Å². The largest absolute Gasteiger partial charge is 0.299 e. The van der Waals surface area contributed by atoms with E-state index in [0.717, 1.165) is 18.4 Å². The van der Waals surface area contributed by atoms with Crippen LogP contribution < -0.4 is 0 Å². The summed E-state index contributed by atoms with van der Waals surface area (Å²) in [5.41, 5.74) is 1.45. The lowest BCUT2D eigenvalue weighted by molar-refractivity contribution is 0.265. The van der Waals surface area contributed by atoms with E-state index in [9.17, 15) is 0 Å². The minimum absolute atomic E-state index is 0.853. The Morgan fingerprint density at radius 3 is 2.59 bits per heavy atom. The first kappa shape index (κ1) is 12.6. The van der Waals surface area contributed by atoms with Crippen molar-refractivity contribution >= 4 is 0 Å². The predicted octanol–water partition coefficient (Wildman–Crippen LogP) is 3.94. The molecule has 1 aromatic carbocycles. The van der Waals surface area contributed by atoms with Crippen molar-refractivity contribution in [1.29, 1.82) is 0 Å². The molecule has 1 aliphatic heterocycles. The van der Waals surface area contributed by atoms with Gasteiger partial charge in [0.15, 0.2) is 0 Å². The van der Waals surface area contributed by atoms with Crippen LogP contribution in [0.25, 0.3) is 0 Å². The number of nitrogens with zero attached hydrogens (tertiary/aromatic N) is 1. The van der Waals surface area contributed by atoms with E-state index in [4.69, 9.17) is 0 Å². The molecule has 2 rings (SSSR count). The number of likely N-dealkylation sites (tertiary alicyclic amines) is 1. The maximum atomic E-state index is 2.62. The molecule has 1 saturated heterocycles. The zero-order chi connectivity index (χ0) is 12.1. The van der Waals surface area contributed by atoms with Crippen LogP contribution in [0.5, 0.6) is 0 Å². The van der Waals surface area contributed by atoms with E-state index in [0.29, 0.717) is 0 Å². The average Bonchev–Trinajstić information content (AvgIpc) is 2.56. The molecule has 0 spiro atoms. The topological polar surface area (TPSA) is 3.24 Å². The second-order valence-corrected chi connectivity index (χ2v) is 5.70. The standard InChI is InChI=1S/C16H25N/c1-14(2)16-9-6-11-17(12-10-16)13-15-7-4-3-5-8-15/h3-5,7-8,14,16H,6,9-13H2,1-2H3. The van der Waals surface area contributed by atoms with Gasteiger partial charge in [0.1, 0.15) is 0 Å². The molecule has 1 aliphatic rings. The molecular weight excluding hydrogens is 206 g/mol. The van der Waals surface area contributed by atoms with Gasteiger partial charge in [-0.3, -0.25) is 4.90 Å². The first-order valence-corrected chi connectivity index (χ1v) is 7.02. The van der Waals surface area contributed by atoms with Crippen LogP contribution in [0.2, 0.25) is 0 Å². The summed E-state index contributed by atoms with van der Waals surface area (Å²) in [4.78, 5) is 2.62. The average molecular weight is 231 g/mol. The molecule has 0 radical (unpaired) electrons. The molecule has 1 aromatic rings. The molecule has 0 saturated carbocycles. The van der Waals surface area contributed by atoms with Gasteiger partial charge in [-0.25, -0.2) is 0 Å². The molecule has 0 aliphatic carbocycles. The Bertz CT molecular complexity index is 318. The zero-order valence-corrected chi connectivity index (χ0v) is 11.2. The Morgan fingerprint density at radius 2 is 1.88 bits per heavy atom. The minimum atomic E-state index is 0.853. The molecule has 1 nitrogen and oxygen atoms in total. The van der Waals surface area contributed by atoms with Crippen LogP contribution in [0.3, 0.4) is 0 Å². The highest BCUT2D eigenvalue weighted by Crippen LogP contribution is 2.25. The second-order valence-electron chi connectivity index (χ2n) is 5.70. The van der Waals surface area contributed by atoms with Crippen LogP contribution in [0.15, 0.2) is 30.3 Å². The van der Waals surface area contributed by atoms with Crippen LogP contribution >= 0.6 is 0 Å². The van der Waals surface area contributed by atoms with Gasteiger partial charge in [0, 0.05) is 6.54 Å². The van der Waals surface area contributed by atoms with Crippen molar-refractivity contribution in [3.05, 3.63) is 35.9 Å². The van der Waals surface area contributed by atoms with Gasteiger partial charge in [-0.1, -0.05) is 44.2 Å². The Kier molecular flexibility index (Phi) is 4.61. The van der Waals surface area contributed by atoms with Gasteiger partial charge in [-0.05, 0) is 49.8 Å². The molecule has 94 valence electrons. The van der Waals surface area contributed by atoms with Crippen LogP contribution in [-0.4, -0.2) is 18.0 Å². The molecule has 0 aromatic heterocycles. The molecule has 0 amide bonds.